The molecule has 0 aliphatic heterocycles. The van der Waals surface area contributed by atoms with E-state index >= 15 is 0 Å². The highest BCUT2D eigenvalue weighted by Gasteiger charge is 2.16. The first-order valence-corrected chi connectivity index (χ1v) is 7.74. The Morgan fingerprint density at radius 2 is 1.95 bits per heavy atom. The fraction of sp³-hybridized carbons (Fsp3) is 0.250. The molecule has 0 saturated carbocycles. The first-order chi connectivity index (χ1) is 10.6. The summed E-state index contributed by atoms with van der Waals surface area (Å²) in [4.78, 5) is 26.1. The summed E-state index contributed by atoms with van der Waals surface area (Å²) in [5.41, 5.74) is 0.511. The lowest BCUT2D eigenvalue weighted by molar-refractivity contribution is -0.130. The molecule has 5 nitrogen and oxygen atoms in total. The molecule has 6 heteroatoms. The number of amides is 2. The average molecular weight is 318 g/mol. The Labute approximate surface area is 133 Å². The highest BCUT2D eigenvalue weighted by Crippen LogP contribution is 2.19. The number of hydrogen-bond donors (Lipinski definition) is 2. The molecule has 1 aromatic heterocycles. The van der Waals surface area contributed by atoms with E-state index in [4.69, 9.17) is 0 Å². The van der Waals surface area contributed by atoms with Gasteiger partial charge in [0.2, 0.25) is 5.91 Å². The molecular formula is C16H18N2O3S. The maximum Gasteiger partial charge on any atom is 0.251 e. The van der Waals surface area contributed by atoms with E-state index < -0.39 is 6.10 Å². The quantitative estimate of drug-likeness (QED) is 0.851. The Morgan fingerprint density at radius 3 is 2.59 bits per heavy atom. The van der Waals surface area contributed by atoms with Crippen molar-refractivity contribution in [3.05, 3.63) is 58.3 Å². The third-order valence-electron chi connectivity index (χ3n) is 3.18. The predicted molar refractivity (Wildman–Crippen MR) is 85.7 cm³/mol. The van der Waals surface area contributed by atoms with Crippen LogP contribution in [-0.4, -0.2) is 42.0 Å². The minimum atomic E-state index is -0.709. The summed E-state index contributed by atoms with van der Waals surface area (Å²) in [6.07, 6.45) is -0.709. The second-order valence-electron chi connectivity index (χ2n) is 4.85. The van der Waals surface area contributed by atoms with Crippen LogP contribution in [0.15, 0.2) is 47.8 Å². The number of hydrogen-bond acceptors (Lipinski definition) is 4. The van der Waals surface area contributed by atoms with Crippen LogP contribution in [0.4, 0.5) is 0 Å². The summed E-state index contributed by atoms with van der Waals surface area (Å²) in [6, 6.07) is 12.4. The highest BCUT2D eigenvalue weighted by molar-refractivity contribution is 7.10. The van der Waals surface area contributed by atoms with Gasteiger partial charge in [-0.3, -0.25) is 9.59 Å². The zero-order valence-corrected chi connectivity index (χ0v) is 13.0. The van der Waals surface area contributed by atoms with Gasteiger partial charge in [0.1, 0.15) is 6.10 Å². The van der Waals surface area contributed by atoms with Crippen LogP contribution < -0.4 is 5.32 Å². The Bertz CT molecular complexity index is 614. The van der Waals surface area contributed by atoms with Crippen LogP contribution in [0.25, 0.3) is 0 Å². The van der Waals surface area contributed by atoms with Gasteiger partial charge in [0, 0.05) is 17.5 Å². The van der Waals surface area contributed by atoms with Gasteiger partial charge in [-0.1, -0.05) is 24.3 Å². The number of benzene rings is 1. The van der Waals surface area contributed by atoms with Crippen LogP contribution in [0.2, 0.25) is 0 Å². The van der Waals surface area contributed by atoms with Gasteiger partial charge in [-0.2, -0.15) is 0 Å². The second kappa shape index (κ2) is 7.72. The number of nitrogens with zero attached hydrogens (tertiary/aromatic N) is 1. The fourth-order valence-corrected chi connectivity index (χ4v) is 2.62. The van der Waals surface area contributed by atoms with Crippen LogP contribution in [0.3, 0.4) is 0 Å². The maximum absolute atomic E-state index is 12.0. The zero-order chi connectivity index (χ0) is 15.9. The Hall–Kier alpha value is -2.18. The molecule has 0 radical (unpaired) electrons. The van der Waals surface area contributed by atoms with Gasteiger partial charge in [-0.25, -0.2) is 0 Å². The van der Waals surface area contributed by atoms with Crippen LogP contribution >= 0.6 is 11.3 Å². The molecule has 0 aliphatic carbocycles. The minimum Gasteiger partial charge on any atom is -0.386 e. The van der Waals surface area contributed by atoms with E-state index in [9.17, 15) is 14.7 Å². The molecule has 2 N–H and O–H groups in total. The van der Waals surface area contributed by atoms with Crippen molar-refractivity contribution in [1.82, 2.24) is 10.2 Å². The molecule has 1 unspecified atom stereocenters. The molecule has 0 fully saturated rings. The molecule has 0 spiro atoms. The van der Waals surface area contributed by atoms with Crippen molar-refractivity contribution in [3.8, 4) is 0 Å². The average Bonchev–Trinajstić information content (AvgIpc) is 3.07. The standard InChI is InChI=1S/C16H18N2O3S/c1-18(11-13(19)14-8-5-9-22-14)15(20)10-17-16(21)12-6-3-2-4-7-12/h2-9,13,19H,10-11H2,1H3,(H,17,21). The number of likely N-dealkylation sites (N-methyl/N-ethyl adjacent to an activating group) is 1. The van der Waals surface area contributed by atoms with E-state index in [2.05, 4.69) is 5.32 Å². The lowest BCUT2D eigenvalue weighted by Crippen LogP contribution is -2.39. The van der Waals surface area contributed by atoms with Crippen molar-refractivity contribution in [2.75, 3.05) is 20.1 Å². The lowest BCUT2D eigenvalue weighted by atomic mass is 10.2. The van der Waals surface area contributed by atoms with Crippen molar-refractivity contribution < 1.29 is 14.7 Å². The van der Waals surface area contributed by atoms with Gasteiger partial charge in [0.05, 0.1) is 13.1 Å². The monoisotopic (exact) mass is 318 g/mol. The summed E-state index contributed by atoms with van der Waals surface area (Å²) in [6.45, 7) is 0.0991. The number of nitrogens with one attached hydrogen (secondary N) is 1. The summed E-state index contributed by atoms with van der Waals surface area (Å²) >= 11 is 1.44. The van der Waals surface area contributed by atoms with Gasteiger partial charge >= 0.3 is 0 Å². The molecule has 1 atom stereocenters. The SMILES string of the molecule is CN(CC(O)c1cccs1)C(=O)CNC(=O)c1ccccc1. The van der Waals surface area contributed by atoms with E-state index in [-0.39, 0.29) is 24.9 Å². The summed E-state index contributed by atoms with van der Waals surface area (Å²) in [5.74, 6) is -0.541. The zero-order valence-electron chi connectivity index (χ0n) is 12.2. The molecule has 22 heavy (non-hydrogen) atoms. The third-order valence-corrected chi connectivity index (χ3v) is 4.15. The maximum atomic E-state index is 12.0. The van der Waals surface area contributed by atoms with E-state index in [1.54, 1.807) is 31.3 Å². The van der Waals surface area contributed by atoms with E-state index in [1.165, 1.54) is 16.2 Å². The van der Waals surface area contributed by atoms with Crippen molar-refractivity contribution in [3.63, 3.8) is 0 Å². The van der Waals surface area contributed by atoms with Crippen molar-refractivity contribution in [2.45, 2.75) is 6.10 Å². The fourth-order valence-electron chi connectivity index (χ4n) is 1.91. The van der Waals surface area contributed by atoms with E-state index in [0.717, 1.165) is 4.88 Å². The van der Waals surface area contributed by atoms with Crippen LogP contribution in [0, 0.1) is 0 Å². The van der Waals surface area contributed by atoms with Crippen LogP contribution in [0.5, 0.6) is 0 Å². The number of aliphatic hydroxyl groups excluding tert-OH is 1. The van der Waals surface area contributed by atoms with Crippen molar-refractivity contribution in [1.29, 1.82) is 0 Å². The molecule has 0 saturated heterocycles. The van der Waals surface area contributed by atoms with Gasteiger partial charge < -0.3 is 15.3 Å². The molecule has 1 aromatic carbocycles. The Kier molecular flexibility index (Phi) is 5.68. The summed E-state index contributed by atoms with van der Waals surface area (Å²) < 4.78 is 0. The Balaban J connectivity index is 1.80. The molecule has 2 rings (SSSR count). The third kappa shape index (κ3) is 4.41. The molecule has 116 valence electrons. The number of carbonyl (C=O) groups excluding carboxylic acids is 2. The van der Waals surface area contributed by atoms with Gasteiger partial charge in [-0.05, 0) is 23.6 Å². The van der Waals surface area contributed by atoms with E-state index in [0.29, 0.717) is 5.56 Å². The predicted octanol–water partition coefficient (Wildman–Crippen LogP) is 1.67. The molecular weight excluding hydrogens is 300 g/mol. The molecule has 0 bridgehead atoms. The normalized spacial score (nSPS) is 11.7. The lowest BCUT2D eigenvalue weighted by Gasteiger charge is -2.20. The smallest absolute Gasteiger partial charge is 0.251 e. The van der Waals surface area contributed by atoms with Crippen LogP contribution in [-0.2, 0) is 4.79 Å². The topological polar surface area (TPSA) is 69.6 Å². The summed E-state index contributed by atoms with van der Waals surface area (Å²) in [5, 5.41) is 14.5. The first kappa shape index (κ1) is 16.2. The number of thiophene rings is 1. The molecule has 0 aliphatic rings. The van der Waals surface area contributed by atoms with E-state index in [1.807, 2.05) is 23.6 Å². The first-order valence-electron chi connectivity index (χ1n) is 6.86. The number of aliphatic hydroxyl groups is 1. The largest absolute Gasteiger partial charge is 0.386 e. The van der Waals surface area contributed by atoms with Crippen molar-refractivity contribution >= 4 is 23.2 Å². The molecule has 1 heterocycles. The van der Waals surface area contributed by atoms with Crippen LogP contribution in [0.1, 0.15) is 21.3 Å². The van der Waals surface area contributed by atoms with Crippen molar-refractivity contribution in [2.24, 2.45) is 0 Å². The van der Waals surface area contributed by atoms with Gasteiger partial charge in [0.25, 0.3) is 5.91 Å². The minimum absolute atomic E-state index is 0.0958. The number of carbonyl (C=O) groups is 2. The Morgan fingerprint density at radius 1 is 1.23 bits per heavy atom. The molecule has 2 aromatic rings. The van der Waals surface area contributed by atoms with Gasteiger partial charge in [0.15, 0.2) is 0 Å². The number of rotatable bonds is 6. The second-order valence-corrected chi connectivity index (χ2v) is 5.83. The summed E-state index contributed by atoms with van der Waals surface area (Å²) in [7, 11) is 1.60. The van der Waals surface area contributed by atoms with Gasteiger partial charge in [-0.15, -0.1) is 11.3 Å². The highest BCUT2D eigenvalue weighted by atomic mass is 32.1. The molecule has 2 amide bonds.